The minimum atomic E-state index is 0.171. The fraction of sp³-hybridized carbons (Fsp3) is 0.478. The third kappa shape index (κ3) is 18.5. The summed E-state index contributed by atoms with van der Waals surface area (Å²) in [6, 6.07) is 0.171. The van der Waals surface area contributed by atoms with E-state index < -0.39 is 0 Å². The van der Waals surface area contributed by atoms with E-state index in [4.69, 9.17) is 5.11 Å². The van der Waals surface area contributed by atoms with Crippen molar-refractivity contribution in [2.24, 2.45) is 0 Å². The SMILES string of the molecule is CC/C=C\C/C=C\C/C=C\C/C=C\C/C=C\C/C=C\CC(CO)NC. The van der Waals surface area contributed by atoms with Crippen LogP contribution < -0.4 is 5.32 Å². The van der Waals surface area contributed by atoms with Gasteiger partial charge in [-0.2, -0.15) is 0 Å². The van der Waals surface area contributed by atoms with Gasteiger partial charge in [-0.25, -0.2) is 0 Å². The normalized spacial score (nSPS) is 14.5. The third-order valence-corrected chi connectivity index (χ3v) is 3.65. The van der Waals surface area contributed by atoms with E-state index in [0.29, 0.717) is 0 Å². The molecule has 1 atom stereocenters. The Morgan fingerprint density at radius 1 is 0.640 bits per heavy atom. The molecule has 0 saturated heterocycles. The predicted octanol–water partition coefficient (Wildman–Crippen LogP) is 5.65. The number of likely N-dealkylation sites (N-methyl/N-ethyl adjacent to an activating group) is 1. The van der Waals surface area contributed by atoms with Crippen LogP contribution in [0.15, 0.2) is 72.9 Å². The Bertz CT molecular complexity index is 437. The van der Waals surface area contributed by atoms with Crippen molar-refractivity contribution in [2.45, 2.75) is 57.9 Å². The van der Waals surface area contributed by atoms with Crippen LogP contribution in [0, 0.1) is 0 Å². The van der Waals surface area contributed by atoms with E-state index >= 15 is 0 Å². The standard InChI is InChI=1S/C23H37NO/c1-3-4-5-6-7-8-9-10-11-12-13-14-15-16-17-18-19-20-21-23(22-25)24-2/h4-5,7-8,10-11,13-14,16-17,19-20,23-25H,3,6,9,12,15,18,21-22H2,1-2H3/b5-4-,8-7-,11-10-,14-13-,17-16-,20-19-. The molecule has 0 bridgehead atoms. The second kappa shape index (κ2) is 20.4. The van der Waals surface area contributed by atoms with E-state index in [2.05, 4.69) is 85.2 Å². The summed E-state index contributed by atoms with van der Waals surface area (Å²) in [6.07, 6.45) is 33.3. The van der Waals surface area contributed by atoms with Gasteiger partial charge in [0.25, 0.3) is 0 Å². The largest absolute Gasteiger partial charge is 0.395 e. The van der Waals surface area contributed by atoms with Gasteiger partial charge >= 0.3 is 0 Å². The van der Waals surface area contributed by atoms with Crippen molar-refractivity contribution in [1.82, 2.24) is 5.32 Å². The number of aliphatic hydroxyl groups is 1. The molecule has 1 unspecified atom stereocenters. The summed E-state index contributed by atoms with van der Waals surface area (Å²) in [6.45, 7) is 2.34. The molecule has 0 amide bonds. The Morgan fingerprint density at radius 2 is 1.00 bits per heavy atom. The van der Waals surface area contributed by atoms with Crippen molar-refractivity contribution < 1.29 is 5.11 Å². The highest BCUT2D eigenvalue weighted by molar-refractivity contribution is 5.01. The zero-order valence-corrected chi connectivity index (χ0v) is 16.1. The van der Waals surface area contributed by atoms with Gasteiger partial charge < -0.3 is 10.4 Å². The summed E-state index contributed by atoms with van der Waals surface area (Å²) < 4.78 is 0. The Morgan fingerprint density at radius 3 is 1.32 bits per heavy atom. The molecule has 0 radical (unpaired) electrons. The molecular weight excluding hydrogens is 306 g/mol. The fourth-order valence-corrected chi connectivity index (χ4v) is 2.07. The number of hydrogen-bond acceptors (Lipinski definition) is 2. The van der Waals surface area contributed by atoms with Crippen LogP contribution in [0.4, 0.5) is 0 Å². The highest BCUT2D eigenvalue weighted by atomic mass is 16.3. The molecule has 0 spiro atoms. The molecule has 0 aromatic rings. The maximum absolute atomic E-state index is 9.04. The molecule has 0 aliphatic rings. The average molecular weight is 344 g/mol. The molecule has 2 N–H and O–H groups in total. The van der Waals surface area contributed by atoms with E-state index in [1.54, 1.807) is 0 Å². The summed E-state index contributed by atoms with van der Waals surface area (Å²) in [5, 5.41) is 12.1. The predicted molar refractivity (Wildman–Crippen MR) is 113 cm³/mol. The van der Waals surface area contributed by atoms with Crippen LogP contribution in [0.1, 0.15) is 51.9 Å². The van der Waals surface area contributed by atoms with Crippen molar-refractivity contribution in [1.29, 1.82) is 0 Å². The van der Waals surface area contributed by atoms with Crippen LogP contribution in [0.25, 0.3) is 0 Å². The second-order valence-corrected chi connectivity index (χ2v) is 5.82. The van der Waals surface area contributed by atoms with Gasteiger partial charge in [0.1, 0.15) is 0 Å². The highest BCUT2D eigenvalue weighted by Crippen LogP contribution is 1.97. The Hall–Kier alpha value is -1.64. The highest BCUT2D eigenvalue weighted by Gasteiger charge is 1.98. The lowest BCUT2D eigenvalue weighted by atomic mass is 10.2. The molecule has 0 aromatic carbocycles. The van der Waals surface area contributed by atoms with Crippen LogP contribution in [0.3, 0.4) is 0 Å². The van der Waals surface area contributed by atoms with E-state index in [0.717, 1.165) is 44.9 Å². The Labute approximate surface area is 155 Å². The average Bonchev–Trinajstić information content (AvgIpc) is 2.64. The molecule has 0 heterocycles. The van der Waals surface area contributed by atoms with Crippen molar-refractivity contribution >= 4 is 0 Å². The smallest absolute Gasteiger partial charge is 0.0587 e. The molecule has 2 heteroatoms. The van der Waals surface area contributed by atoms with Gasteiger partial charge in [-0.15, -0.1) is 0 Å². The van der Waals surface area contributed by atoms with E-state index in [1.165, 1.54) is 0 Å². The first-order valence-electron chi connectivity index (χ1n) is 9.53. The van der Waals surface area contributed by atoms with Gasteiger partial charge in [-0.3, -0.25) is 0 Å². The van der Waals surface area contributed by atoms with Gasteiger partial charge in [0, 0.05) is 6.04 Å². The van der Waals surface area contributed by atoms with Gasteiger partial charge in [0.15, 0.2) is 0 Å². The van der Waals surface area contributed by atoms with Crippen LogP contribution in [0.2, 0.25) is 0 Å². The topological polar surface area (TPSA) is 32.3 Å². The number of aliphatic hydroxyl groups excluding tert-OH is 1. The van der Waals surface area contributed by atoms with Crippen LogP contribution in [0.5, 0.6) is 0 Å². The molecule has 0 aromatic heterocycles. The van der Waals surface area contributed by atoms with E-state index in [-0.39, 0.29) is 12.6 Å². The lowest BCUT2D eigenvalue weighted by molar-refractivity contribution is 0.249. The van der Waals surface area contributed by atoms with Crippen LogP contribution >= 0.6 is 0 Å². The van der Waals surface area contributed by atoms with E-state index in [9.17, 15) is 0 Å². The number of allylic oxidation sites excluding steroid dienone is 11. The maximum atomic E-state index is 9.04. The van der Waals surface area contributed by atoms with Crippen molar-refractivity contribution in [3.63, 3.8) is 0 Å². The molecule has 2 nitrogen and oxygen atoms in total. The minimum Gasteiger partial charge on any atom is -0.395 e. The molecule has 0 aliphatic heterocycles. The Balaban J connectivity index is 3.57. The van der Waals surface area contributed by atoms with Crippen LogP contribution in [-0.4, -0.2) is 24.8 Å². The van der Waals surface area contributed by atoms with Crippen molar-refractivity contribution in [2.75, 3.05) is 13.7 Å². The van der Waals surface area contributed by atoms with Crippen LogP contribution in [-0.2, 0) is 0 Å². The molecule has 25 heavy (non-hydrogen) atoms. The molecule has 0 rings (SSSR count). The van der Waals surface area contributed by atoms with Gasteiger partial charge in [0.2, 0.25) is 0 Å². The molecule has 0 saturated carbocycles. The summed E-state index contributed by atoms with van der Waals surface area (Å²) in [7, 11) is 1.87. The fourth-order valence-electron chi connectivity index (χ4n) is 2.07. The maximum Gasteiger partial charge on any atom is 0.0587 e. The first-order valence-corrected chi connectivity index (χ1v) is 9.53. The zero-order valence-electron chi connectivity index (χ0n) is 16.1. The van der Waals surface area contributed by atoms with Gasteiger partial charge in [-0.05, 0) is 52.0 Å². The van der Waals surface area contributed by atoms with Gasteiger partial charge in [-0.1, -0.05) is 79.8 Å². The van der Waals surface area contributed by atoms with Crippen molar-refractivity contribution in [3.05, 3.63) is 72.9 Å². The minimum absolute atomic E-state index is 0.171. The monoisotopic (exact) mass is 343 g/mol. The lowest BCUT2D eigenvalue weighted by Crippen LogP contribution is -2.27. The molecule has 0 aliphatic carbocycles. The summed E-state index contributed by atoms with van der Waals surface area (Å²) >= 11 is 0. The third-order valence-electron chi connectivity index (χ3n) is 3.65. The zero-order chi connectivity index (χ0) is 18.4. The summed E-state index contributed by atoms with van der Waals surface area (Å²) in [5.41, 5.74) is 0. The first-order chi connectivity index (χ1) is 12.3. The second-order valence-electron chi connectivity index (χ2n) is 5.82. The molecule has 0 fully saturated rings. The molecule has 140 valence electrons. The summed E-state index contributed by atoms with van der Waals surface area (Å²) in [4.78, 5) is 0. The number of rotatable bonds is 15. The Kier molecular flexibility index (Phi) is 19.1. The number of nitrogens with one attached hydrogen (secondary N) is 1. The van der Waals surface area contributed by atoms with Crippen molar-refractivity contribution in [3.8, 4) is 0 Å². The van der Waals surface area contributed by atoms with Gasteiger partial charge in [0.05, 0.1) is 6.61 Å². The lowest BCUT2D eigenvalue weighted by Gasteiger charge is -2.08. The number of hydrogen-bond donors (Lipinski definition) is 2. The summed E-state index contributed by atoms with van der Waals surface area (Å²) in [5.74, 6) is 0. The van der Waals surface area contributed by atoms with E-state index in [1.807, 2.05) is 7.05 Å². The molecular formula is C23H37NO. The quantitative estimate of drug-likeness (QED) is 0.376. The first kappa shape index (κ1) is 23.4.